The van der Waals surface area contributed by atoms with Crippen LogP contribution in [0.25, 0.3) is 21.8 Å². The summed E-state index contributed by atoms with van der Waals surface area (Å²) < 4.78 is 8.00. The van der Waals surface area contributed by atoms with Gasteiger partial charge in [0.05, 0.1) is 24.6 Å². The number of para-hydroxylation sites is 2. The van der Waals surface area contributed by atoms with Gasteiger partial charge in [-0.25, -0.2) is 0 Å². The smallest absolute Gasteiger partial charge is 0.306 e. The molecule has 0 saturated heterocycles. The second kappa shape index (κ2) is 10.0. The van der Waals surface area contributed by atoms with Gasteiger partial charge < -0.3 is 24.0 Å². The number of aromatic nitrogens is 3. The number of pyridine rings is 2. The van der Waals surface area contributed by atoms with E-state index in [2.05, 4.69) is 4.98 Å². The summed E-state index contributed by atoms with van der Waals surface area (Å²) in [5.41, 5.74) is 2.86. The van der Waals surface area contributed by atoms with E-state index >= 15 is 0 Å². The topological polar surface area (TPSA) is 106 Å². The summed E-state index contributed by atoms with van der Waals surface area (Å²) in [6.07, 6.45) is 2.25. The number of carbonyl (C=O) groups is 1. The van der Waals surface area contributed by atoms with Crippen LogP contribution < -0.4 is 11.1 Å². The number of nitrogens with one attached hydrogen (secondary N) is 1. The molecule has 8 heteroatoms. The molecule has 3 heterocycles. The number of fused-ring (bicyclic) bond motifs is 2. The van der Waals surface area contributed by atoms with E-state index in [1.165, 1.54) is 17.7 Å². The lowest BCUT2D eigenvalue weighted by atomic mass is 9.88. The molecule has 3 aromatic heterocycles. The number of aromatic hydroxyl groups is 1. The number of rotatable bonds is 7. The van der Waals surface area contributed by atoms with Crippen LogP contribution in [0.5, 0.6) is 5.75 Å². The monoisotopic (exact) mass is 511 g/mol. The quantitative estimate of drug-likeness (QED) is 0.320. The normalized spacial score (nSPS) is 12.2. The zero-order valence-electron chi connectivity index (χ0n) is 21.5. The lowest BCUT2D eigenvalue weighted by Crippen LogP contribution is -2.32. The van der Waals surface area contributed by atoms with Crippen LogP contribution in [0, 0.1) is 6.92 Å². The van der Waals surface area contributed by atoms with E-state index in [4.69, 9.17) is 4.74 Å². The van der Waals surface area contributed by atoms with Gasteiger partial charge in [-0.2, -0.15) is 0 Å². The summed E-state index contributed by atoms with van der Waals surface area (Å²) >= 11 is 0. The molecule has 38 heavy (non-hydrogen) atoms. The molecule has 0 aliphatic carbocycles. The molecule has 8 nitrogen and oxygen atoms in total. The first-order chi connectivity index (χ1) is 18.3. The highest BCUT2D eigenvalue weighted by Gasteiger charge is 2.29. The summed E-state index contributed by atoms with van der Waals surface area (Å²) in [5, 5.41) is 12.9. The maximum Gasteiger partial charge on any atom is 0.306 e. The molecular weight excluding hydrogens is 482 g/mol. The number of carbonyl (C=O) groups excluding carboxylic acids is 1. The minimum atomic E-state index is -0.988. The predicted molar refractivity (Wildman–Crippen MR) is 147 cm³/mol. The fourth-order valence-electron chi connectivity index (χ4n) is 5.26. The van der Waals surface area contributed by atoms with Crippen LogP contribution in [0.15, 0.2) is 76.4 Å². The number of nitrogens with zero attached hydrogens (tertiary/aromatic N) is 2. The number of benzene rings is 2. The molecule has 0 aliphatic rings. The Kier molecular flexibility index (Phi) is 6.63. The van der Waals surface area contributed by atoms with Crippen molar-refractivity contribution in [1.29, 1.82) is 0 Å². The van der Waals surface area contributed by atoms with Crippen molar-refractivity contribution < 1.29 is 14.6 Å². The van der Waals surface area contributed by atoms with Crippen molar-refractivity contribution in [2.45, 2.75) is 32.2 Å². The molecule has 5 rings (SSSR count). The summed E-state index contributed by atoms with van der Waals surface area (Å²) in [6.45, 7) is 2.12. The second-order valence-electron chi connectivity index (χ2n) is 9.51. The third-order valence-electron chi connectivity index (χ3n) is 7.29. The van der Waals surface area contributed by atoms with Crippen molar-refractivity contribution >= 4 is 27.8 Å². The Morgan fingerprint density at radius 1 is 1.05 bits per heavy atom. The predicted octanol–water partition coefficient (Wildman–Crippen LogP) is 4.13. The number of H-pyrrole nitrogens is 1. The third-order valence-corrected chi connectivity index (χ3v) is 7.29. The molecule has 2 N–H and O–H groups in total. The lowest BCUT2D eigenvalue weighted by molar-refractivity contribution is -0.140. The molecule has 0 amide bonds. The van der Waals surface area contributed by atoms with E-state index in [-0.39, 0.29) is 28.9 Å². The van der Waals surface area contributed by atoms with Crippen LogP contribution in [0.2, 0.25) is 0 Å². The zero-order chi connectivity index (χ0) is 27.0. The minimum absolute atomic E-state index is 0.00677. The Morgan fingerprint density at radius 3 is 2.58 bits per heavy atom. The zero-order valence-corrected chi connectivity index (χ0v) is 21.5. The molecule has 0 spiro atoms. The second-order valence-corrected chi connectivity index (χ2v) is 9.51. The van der Waals surface area contributed by atoms with E-state index in [9.17, 15) is 19.5 Å². The standard InChI is InChI=1S/C30H29N3O5/c1-18-14-26(34)28(30(37)33(18)13-12-20-17-31-24-10-6-5-9-21(20)24)22(16-27(35)38-3)23-15-19-8-4-7-11-25(19)32(2)29(23)36/h4-11,14-15,17,22,31,34H,12-13,16H2,1-3H3. The number of ether oxygens (including phenoxy) is 1. The molecule has 0 radical (unpaired) electrons. The summed E-state index contributed by atoms with van der Waals surface area (Å²) in [7, 11) is 2.91. The van der Waals surface area contributed by atoms with Gasteiger partial charge in [-0.3, -0.25) is 14.4 Å². The van der Waals surface area contributed by atoms with Crippen LogP contribution in [0.3, 0.4) is 0 Å². The maximum atomic E-state index is 13.9. The fourth-order valence-corrected chi connectivity index (χ4v) is 5.26. The van der Waals surface area contributed by atoms with Crippen molar-refractivity contribution in [1.82, 2.24) is 14.1 Å². The lowest BCUT2D eigenvalue weighted by Gasteiger charge is -2.21. The highest BCUT2D eigenvalue weighted by molar-refractivity contribution is 5.83. The van der Waals surface area contributed by atoms with Gasteiger partial charge in [0, 0.05) is 47.9 Å². The average molecular weight is 512 g/mol. The van der Waals surface area contributed by atoms with E-state index in [0.717, 1.165) is 27.4 Å². The van der Waals surface area contributed by atoms with Gasteiger partial charge in [-0.05, 0) is 48.6 Å². The Bertz CT molecular complexity index is 1790. The molecule has 0 fully saturated rings. The van der Waals surface area contributed by atoms with Gasteiger partial charge in [-0.15, -0.1) is 0 Å². The first-order valence-electron chi connectivity index (χ1n) is 12.4. The van der Waals surface area contributed by atoms with Crippen LogP contribution in [0.1, 0.15) is 34.7 Å². The van der Waals surface area contributed by atoms with Crippen molar-refractivity contribution in [2.24, 2.45) is 7.05 Å². The first kappa shape index (κ1) is 25.1. The molecular formula is C30H29N3O5. The Morgan fingerprint density at radius 2 is 1.79 bits per heavy atom. The number of aryl methyl sites for hydroxylation is 3. The van der Waals surface area contributed by atoms with Crippen molar-refractivity contribution in [3.63, 3.8) is 0 Å². The Balaban J connectivity index is 1.63. The Hall–Kier alpha value is -4.59. The Labute approximate surface area is 218 Å². The molecule has 0 saturated carbocycles. The molecule has 194 valence electrons. The van der Waals surface area contributed by atoms with Gasteiger partial charge in [0.15, 0.2) is 0 Å². The molecule has 1 unspecified atom stereocenters. The molecule has 2 aromatic carbocycles. The summed E-state index contributed by atoms with van der Waals surface area (Å²) in [4.78, 5) is 43.1. The van der Waals surface area contributed by atoms with E-state index in [0.29, 0.717) is 18.7 Å². The fraction of sp³-hybridized carbons (Fsp3) is 0.233. The van der Waals surface area contributed by atoms with Gasteiger partial charge in [-0.1, -0.05) is 36.4 Å². The average Bonchev–Trinajstić information content (AvgIpc) is 3.33. The van der Waals surface area contributed by atoms with Crippen LogP contribution >= 0.6 is 0 Å². The third kappa shape index (κ3) is 4.38. The number of hydrogen-bond donors (Lipinski definition) is 2. The number of aromatic amines is 1. The number of hydrogen-bond acceptors (Lipinski definition) is 5. The molecule has 0 bridgehead atoms. The van der Waals surface area contributed by atoms with Gasteiger partial charge >= 0.3 is 5.97 Å². The minimum Gasteiger partial charge on any atom is -0.507 e. The molecule has 1 atom stereocenters. The summed E-state index contributed by atoms with van der Waals surface area (Å²) in [5.74, 6) is -1.83. The largest absolute Gasteiger partial charge is 0.507 e. The summed E-state index contributed by atoms with van der Waals surface area (Å²) in [6, 6.07) is 18.6. The molecule has 0 aliphatic heterocycles. The van der Waals surface area contributed by atoms with Crippen LogP contribution in [-0.2, 0) is 29.5 Å². The van der Waals surface area contributed by atoms with E-state index in [1.54, 1.807) is 24.6 Å². The van der Waals surface area contributed by atoms with Crippen molar-refractivity contribution in [3.05, 3.63) is 110 Å². The van der Waals surface area contributed by atoms with E-state index in [1.807, 2.05) is 54.7 Å². The number of esters is 1. The van der Waals surface area contributed by atoms with Crippen molar-refractivity contribution in [2.75, 3.05) is 7.11 Å². The highest BCUT2D eigenvalue weighted by atomic mass is 16.5. The van der Waals surface area contributed by atoms with E-state index < -0.39 is 17.4 Å². The van der Waals surface area contributed by atoms with Gasteiger partial charge in [0.1, 0.15) is 5.75 Å². The highest BCUT2D eigenvalue weighted by Crippen LogP contribution is 2.32. The van der Waals surface area contributed by atoms with Gasteiger partial charge in [0.2, 0.25) is 0 Å². The SMILES string of the molecule is COC(=O)CC(c1c(O)cc(C)n(CCc2c[nH]c3ccccc23)c1=O)c1cc2ccccc2n(C)c1=O. The van der Waals surface area contributed by atoms with Crippen LogP contribution in [-0.4, -0.2) is 32.3 Å². The first-order valence-corrected chi connectivity index (χ1v) is 12.4. The maximum absolute atomic E-state index is 13.9. The van der Waals surface area contributed by atoms with Gasteiger partial charge in [0.25, 0.3) is 11.1 Å². The number of methoxy groups -OCH3 is 1. The molecule has 5 aromatic rings. The van der Waals surface area contributed by atoms with Crippen molar-refractivity contribution in [3.8, 4) is 5.75 Å². The van der Waals surface area contributed by atoms with Crippen LogP contribution in [0.4, 0.5) is 0 Å².